The molecule has 0 bridgehead atoms. The van der Waals surface area contributed by atoms with Crippen molar-refractivity contribution in [1.29, 1.82) is 0 Å². The molecule has 37 heavy (non-hydrogen) atoms. The van der Waals surface area contributed by atoms with E-state index in [0.717, 1.165) is 54.0 Å². The van der Waals surface area contributed by atoms with E-state index in [4.69, 9.17) is 15.8 Å². The Kier molecular flexibility index (Phi) is 6.10. The molecule has 9 heteroatoms. The summed E-state index contributed by atoms with van der Waals surface area (Å²) in [6, 6.07) is 18.6. The second kappa shape index (κ2) is 9.57. The standard InChI is InChI=1S/C28H29N7OS/c1-18-16-21(17-19(2)30-18)24-25(20-8-4-3-5-9-20)31-27(29)35-26(24)32-34(28(35)36)14-13-33-12-6-10-22(33)23-11-7-15-37-23/h3-5,7-9,11,15-17,22H,6,10,12-14H2,1-2H3,(H2,29,31). The molecule has 0 aliphatic carbocycles. The SMILES string of the molecule is Cc1cc(-c2c(-c3ccccc3)nc(N)n3c(=O)n(CCN4CCCC4c4cccs4)nc23)cc(C)n1. The van der Waals surface area contributed by atoms with Gasteiger partial charge in [0.05, 0.1) is 17.8 Å². The minimum atomic E-state index is -0.268. The number of thiophene rings is 1. The van der Waals surface area contributed by atoms with Gasteiger partial charge in [-0.25, -0.2) is 18.9 Å². The van der Waals surface area contributed by atoms with Crippen molar-refractivity contribution in [2.24, 2.45) is 0 Å². The van der Waals surface area contributed by atoms with Crippen molar-refractivity contribution in [3.63, 3.8) is 0 Å². The molecule has 2 N–H and O–H groups in total. The van der Waals surface area contributed by atoms with Crippen molar-refractivity contribution < 1.29 is 0 Å². The molecule has 1 aliphatic heterocycles. The molecule has 1 aliphatic rings. The number of nitrogens with two attached hydrogens (primary N) is 1. The van der Waals surface area contributed by atoms with E-state index in [1.165, 1.54) is 14.0 Å². The Morgan fingerprint density at radius 3 is 2.51 bits per heavy atom. The Balaban J connectivity index is 1.46. The van der Waals surface area contributed by atoms with Gasteiger partial charge in [-0.3, -0.25) is 9.88 Å². The average molecular weight is 512 g/mol. The van der Waals surface area contributed by atoms with Crippen LogP contribution in [0.2, 0.25) is 0 Å². The van der Waals surface area contributed by atoms with Gasteiger partial charge in [0.25, 0.3) is 0 Å². The molecular formula is C28H29N7OS. The van der Waals surface area contributed by atoms with Crippen LogP contribution >= 0.6 is 11.3 Å². The van der Waals surface area contributed by atoms with E-state index >= 15 is 0 Å². The van der Waals surface area contributed by atoms with Crippen molar-refractivity contribution in [2.75, 3.05) is 18.8 Å². The smallest absolute Gasteiger partial charge is 0.353 e. The minimum Gasteiger partial charge on any atom is -0.369 e. The Bertz CT molecular complexity index is 1600. The maximum Gasteiger partial charge on any atom is 0.353 e. The number of rotatable bonds is 6. The minimum absolute atomic E-state index is 0.133. The highest BCUT2D eigenvalue weighted by Gasteiger charge is 2.27. The van der Waals surface area contributed by atoms with Gasteiger partial charge in [0, 0.05) is 34.4 Å². The highest BCUT2D eigenvalue weighted by atomic mass is 32.1. The van der Waals surface area contributed by atoms with Crippen molar-refractivity contribution in [1.82, 2.24) is 29.0 Å². The van der Waals surface area contributed by atoms with Crippen LogP contribution in [0.5, 0.6) is 0 Å². The highest BCUT2D eigenvalue weighted by Crippen LogP contribution is 2.36. The van der Waals surface area contributed by atoms with Crippen LogP contribution in [0.4, 0.5) is 5.95 Å². The van der Waals surface area contributed by atoms with Crippen molar-refractivity contribution >= 4 is 22.9 Å². The molecule has 5 aromatic rings. The lowest BCUT2D eigenvalue weighted by molar-refractivity contribution is 0.244. The zero-order chi connectivity index (χ0) is 25.5. The summed E-state index contributed by atoms with van der Waals surface area (Å²) >= 11 is 1.80. The predicted octanol–water partition coefficient (Wildman–Crippen LogP) is 4.72. The van der Waals surface area contributed by atoms with Crippen molar-refractivity contribution in [2.45, 2.75) is 39.3 Å². The number of fused-ring (bicyclic) bond motifs is 1. The van der Waals surface area contributed by atoms with E-state index in [-0.39, 0.29) is 11.6 Å². The van der Waals surface area contributed by atoms with Crippen LogP contribution in [0.15, 0.2) is 64.8 Å². The molecule has 0 amide bonds. The summed E-state index contributed by atoms with van der Waals surface area (Å²) in [6.45, 7) is 6.18. The molecule has 5 heterocycles. The Morgan fingerprint density at radius 1 is 1.00 bits per heavy atom. The zero-order valence-electron chi connectivity index (χ0n) is 21.0. The molecule has 0 saturated carbocycles. The summed E-state index contributed by atoms with van der Waals surface area (Å²) in [7, 11) is 0. The first kappa shape index (κ1) is 23.6. The van der Waals surface area contributed by atoms with Crippen LogP contribution in [0.1, 0.15) is 35.1 Å². The molecule has 1 unspecified atom stereocenters. The van der Waals surface area contributed by atoms with E-state index in [1.807, 2.05) is 56.3 Å². The summed E-state index contributed by atoms with van der Waals surface area (Å²) in [4.78, 5) is 26.6. The highest BCUT2D eigenvalue weighted by molar-refractivity contribution is 7.10. The second-order valence-corrected chi connectivity index (χ2v) is 10.6. The van der Waals surface area contributed by atoms with Crippen LogP contribution < -0.4 is 11.4 Å². The van der Waals surface area contributed by atoms with E-state index in [9.17, 15) is 4.79 Å². The maximum atomic E-state index is 13.5. The summed E-state index contributed by atoms with van der Waals surface area (Å²) in [6.07, 6.45) is 2.30. The molecule has 1 atom stereocenters. The van der Waals surface area contributed by atoms with Gasteiger partial charge in [-0.05, 0) is 62.4 Å². The number of nitrogens with zero attached hydrogens (tertiary/aromatic N) is 6. The monoisotopic (exact) mass is 511 g/mol. The van der Waals surface area contributed by atoms with Gasteiger partial charge in [0.2, 0.25) is 5.95 Å². The lowest BCUT2D eigenvalue weighted by atomic mass is 9.99. The molecule has 6 rings (SSSR count). The van der Waals surface area contributed by atoms with Crippen molar-refractivity contribution in [3.05, 3.63) is 86.7 Å². The molecule has 1 fully saturated rings. The first-order valence-electron chi connectivity index (χ1n) is 12.6. The number of hydrogen-bond donors (Lipinski definition) is 1. The summed E-state index contributed by atoms with van der Waals surface area (Å²) in [5.41, 5.74) is 11.7. The largest absolute Gasteiger partial charge is 0.369 e. The lowest BCUT2D eigenvalue weighted by Gasteiger charge is -2.23. The molecule has 0 radical (unpaired) electrons. The third-order valence-electron chi connectivity index (χ3n) is 7.01. The van der Waals surface area contributed by atoms with Crippen LogP contribution in [-0.2, 0) is 6.54 Å². The molecule has 1 saturated heterocycles. The normalized spacial score (nSPS) is 16.1. The first-order chi connectivity index (χ1) is 18.0. The predicted molar refractivity (Wildman–Crippen MR) is 148 cm³/mol. The quantitative estimate of drug-likeness (QED) is 0.355. The number of hydrogen-bond acceptors (Lipinski definition) is 7. The van der Waals surface area contributed by atoms with Crippen LogP contribution in [0, 0.1) is 13.8 Å². The van der Waals surface area contributed by atoms with Crippen LogP contribution in [0.25, 0.3) is 28.0 Å². The Morgan fingerprint density at radius 2 is 1.78 bits per heavy atom. The molecule has 188 valence electrons. The molecule has 0 spiro atoms. The lowest BCUT2D eigenvalue weighted by Crippen LogP contribution is -2.31. The number of aromatic nitrogens is 5. The first-order valence-corrected chi connectivity index (χ1v) is 13.4. The van der Waals surface area contributed by atoms with Gasteiger partial charge in [0.15, 0.2) is 5.65 Å². The maximum absolute atomic E-state index is 13.5. The van der Waals surface area contributed by atoms with Gasteiger partial charge < -0.3 is 5.73 Å². The van der Waals surface area contributed by atoms with Gasteiger partial charge in [0.1, 0.15) is 0 Å². The molecule has 1 aromatic carbocycles. The molecule has 4 aromatic heterocycles. The van der Waals surface area contributed by atoms with Gasteiger partial charge in [-0.1, -0.05) is 36.4 Å². The third-order valence-corrected chi connectivity index (χ3v) is 7.98. The van der Waals surface area contributed by atoms with Gasteiger partial charge >= 0.3 is 5.69 Å². The Hall–Kier alpha value is -3.82. The average Bonchev–Trinajstić information content (AvgIpc) is 3.63. The van der Waals surface area contributed by atoms with Gasteiger partial charge in [-0.2, -0.15) is 0 Å². The van der Waals surface area contributed by atoms with Gasteiger partial charge in [-0.15, -0.1) is 16.4 Å². The van der Waals surface area contributed by atoms with E-state index in [2.05, 4.69) is 27.4 Å². The molecular weight excluding hydrogens is 482 g/mol. The third kappa shape index (κ3) is 4.34. The number of benzene rings is 1. The number of anilines is 1. The zero-order valence-corrected chi connectivity index (χ0v) is 21.8. The van der Waals surface area contributed by atoms with E-state index in [1.54, 1.807) is 11.3 Å². The number of likely N-dealkylation sites (tertiary alicyclic amines) is 1. The van der Waals surface area contributed by atoms with E-state index < -0.39 is 0 Å². The fourth-order valence-electron chi connectivity index (χ4n) is 5.42. The summed E-state index contributed by atoms with van der Waals surface area (Å²) in [5, 5.41) is 6.97. The van der Waals surface area contributed by atoms with Crippen LogP contribution in [-0.4, -0.2) is 42.1 Å². The summed E-state index contributed by atoms with van der Waals surface area (Å²) in [5.74, 6) is 0.133. The topological polar surface area (TPSA) is 94.3 Å². The fraction of sp³-hybridized carbons (Fsp3) is 0.286. The fourth-order valence-corrected chi connectivity index (χ4v) is 6.31. The summed E-state index contributed by atoms with van der Waals surface area (Å²) < 4.78 is 2.98. The van der Waals surface area contributed by atoms with Crippen LogP contribution in [0.3, 0.4) is 0 Å². The number of nitrogen functional groups attached to an aromatic ring is 1. The number of pyridine rings is 1. The van der Waals surface area contributed by atoms with E-state index in [0.29, 0.717) is 23.9 Å². The second-order valence-electron chi connectivity index (χ2n) is 9.57. The van der Waals surface area contributed by atoms with Crippen molar-refractivity contribution in [3.8, 4) is 22.4 Å². The number of aryl methyl sites for hydroxylation is 2. The Labute approximate surface area is 219 Å². The molecule has 8 nitrogen and oxygen atoms in total.